The van der Waals surface area contributed by atoms with E-state index in [1.807, 2.05) is 30.0 Å². The third-order valence-corrected chi connectivity index (χ3v) is 3.81. The van der Waals surface area contributed by atoms with Crippen LogP contribution in [0.4, 0.5) is 0 Å². The molecule has 76 valence electrons. The monoisotopic (exact) mass is 209 g/mol. The molecule has 2 N–H and O–H groups in total. The van der Waals surface area contributed by atoms with Crippen LogP contribution in [-0.2, 0) is 0 Å². The summed E-state index contributed by atoms with van der Waals surface area (Å²) in [5, 5.41) is 13.3. The van der Waals surface area contributed by atoms with Crippen molar-refractivity contribution in [1.29, 1.82) is 0 Å². The number of hydrogen-bond donors (Lipinski definition) is 2. The van der Waals surface area contributed by atoms with Gasteiger partial charge in [-0.25, -0.2) is 0 Å². The fourth-order valence-corrected chi connectivity index (χ4v) is 2.92. The minimum Gasteiger partial charge on any atom is -0.508 e. The van der Waals surface area contributed by atoms with Crippen molar-refractivity contribution in [3.63, 3.8) is 0 Å². The molecule has 14 heavy (non-hydrogen) atoms. The van der Waals surface area contributed by atoms with Gasteiger partial charge in [0.25, 0.3) is 0 Å². The molecule has 1 unspecified atom stereocenters. The summed E-state index contributed by atoms with van der Waals surface area (Å²) in [6, 6.07) is 7.52. The van der Waals surface area contributed by atoms with E-state index in [0.29, 0.717) is 5.75 Å². The molecule has 0 bridgehead atoms. The maximum absolute atomic E-state index is 9.69. The van der Waals surface area contributed by atoms with E-state index >= 15 is 0 Å². The summed E-state index contributed by atoms with van der Waals surface area (Å²) in [6.45, 7) is 5.41. The molecule has 1 aliphatic heterocycles. The quantitative estimate of drug-likeness (QED) is 0.745. The minimum absolute atomic E-state index is 0.228. The first kappa shape index (κ1) is 9.87. The molecule has 1 fully saturated rings. The molecule has 1 aliphatic rings. The van der Waals surface area contributed by atoms with E-state index in [4.69, 9.17) is 0 Å². The number of phenols is 1. The highest BCUT2D eigenvalue weighted by Crippen LogP contribution is 2.44. The van der Waals surface area contributed by atoms with Gasteiger partial charge in [-0.15, -0.1) is 11.8 Å². The van der Waals surface area contributed by atoms with Crippen LogP contribution in [0.15, 0.2) is 24.3 Å². The normalized spacial score (nSPS) is 25.1. The summed E-state index contributed by atoms with van der Waals surface area (Å²) in [5.41, 5.74) is 0.989. The number of para-hydroxylation sites is 1. The summed E-state index contributed by atoms with van der Waals surface area (Å²) >= 11 is 1.86. The highest BCUT2D eigenvalue weighted by molar-refractivity contribution is 8.01. The van der Waals surface area contributed by atoms with Gasteiger partial charge in [0.1, 0.15) is 5.75 Å². The first-order valence-electron chi connectivity index (χ1n) is 4.78. The van der Waals surface area contributed by atoms with Gasteiger partial charge in [-0.1, -0.05) is 18.2 Å². The second kappa shape index (κ2) is 3.48. The van der Waals surface area contributed by atoms with Gasteiger partial charge in [0.2, 0.25) is 0 Å². The van der Waals surface area contributed by atoms with Crippen LogP contribution in [0.25, 0.3) is 0 Å². The molecule has 2 rings (SSSR count). The van der Waals surface area contributed by atoms with Crippen LogP contribution in [0.5, 0.6) is 5.75 Å². The Morgan fingerprint density at radius 2 is 2.14 bits per heavy atom. The molecular weight excluding hydrogens is 194 g/mol. The molecule has 0 radical (unpaired) electrons. The second-order valence-electron chi connectivity index (χ2n) is 4.20. The largest absolute Gasteiger partial charge is 0.508 e. The highest BCUT2D eigenvalue weighted by atomic mass is 32.2. The summed E-state index contributed by atoms with van der Waals surface area (Å²) in [6.07, 6.45) is 0. The molecule has 3 heteroatoms. The summed E-state index contributed by atoms with van der Waals surface area (Å²) in [7, 11) is 0. The fraction of sp³-hybridized carbons (Fsp3) is 0.455. The van der Waals surface area contributed by atoms with Crippen molar-refractivity contribution in [3.05, 3.63) is 29.8 Å². The molecule has 0 aromatic heterocycles. The second-order valence-corrected chi connectivity index (χ2v) is 6.01. The summed E-state index contributed by atoms with van der Waals surface area (Å²) in [5.74, 6) is 0.384. The zero-order chi connectivity index (χ0) is 10.2. The average Bonchev–Trinajstić information content (AvgIpc) is 2.47. The topological polar surface area (TPSA) is 32.3 Å². The molecule has 1 atom stereocenters. The van der Waals surface area contributed by atoms with Gasteiger partial charge >= 0.3 is 0 Å². The zero-order valence-electron chi connectivity index (χ0n) is 8.45. The molecule has 2 nitrogen and oxygen atoms in total. The van der Waals surface area contributed by atoms with Gasteiger partial charge in [-0.2, -0.15) is 0 Å². The smallest absolute Gasteiger partial charge is 0.121 e. The van der Waals surface area contributed by atoms with E-state index in [2.05, 4.69) is 19.2 Å². The van der Waals surface area contributed by atoms with Crippen molar-refractivity contribution in [3.8, 4) is 5.75 Å². The Hall–Kier alpha value is -0.670. The lowest BCUT2D eigenvalue weighted by molar-refractivity contribution is 0.464. The Labute approximate surface area is 88.7 Å². The molecular formula is C11H15NOS. The Bertz CT molecular complexity index is 338. The number of hydrogen-bond acceptors (Lipinski definition) is 3. The van der Waals surface area contributed by atoms with Crippen molar-refractivity contribution in [2.75, 3.05) is 6.54 Å². The van der Waals surface area contributed by atoms with Crippen LogP contribution in [0.1, 0.15) is 24.8 Å². The molecule has 1 heterocycles. The van der Waals surface area contributed by atoms with Crippen molar-refractivity contribution in [2.45, 2.75) is 24.0 Å². The Kier molecular flexibility index (Phi) is 2.45. The van der Waals surface area contributed by atoms with Gasteiger partial charge in [-0.05, 0) is 19.9 Å². The van der Waals surface area contributed by atoms with Crippen molar-refractivity contribution in [2.24, 2.45) is 0 Å². The minimum atomic E-state index is 0.228. The van der Waals surface area contributed by atoms with Gasteiger partial charge in [0.05, 0.1) is 5.37 Å². The van der Waals surface area contributed by atoms with Crippen LogP contribution in [0.2, 0.25) is 0 Å². The van der Waals surface area contributed by atoms with Gasteiger partial charge in [0, 0.05) is 16.9 Å². The Balaban J connectivity index is 2.22. The lowest BCUT2D eigenvalue weighted by Crippen LogP contribution is -2.21. The van der Waals surface area contributed by atoms with Crippen LogP contribution in [-0.4, -0.2) is 16.4 Å². The first-order chi connectivity index (χ1) is 6.58. The first-order valence-corrected chi connectivity index (χ1v) is 5.65. The maximum Gasteiger partial charge on any atom is 0.121 e. The van der Waals surface area contributed by atoms with E-state index in [1.165, 1.54) is 0 Å². The average molecular weight is 209 g/mol. The lowest BCUT2D eigenvalue weighted by atomic mass is 10.2. The number of rotatable bonds is 1. The van der Waals surface area contributed by atoms with E-state index in [1.54, 1.807) is 6.07 Å². The standard InChI is InChI=1S/C11H15NOS/c1-11(2)7-12-10(14-11)8-5-3-4-6-9(8)13/h3-6,10,12-13H,7H2,1-2H3. The van der Waals surface area contributed by atoms with E-state index in [0.717, 1.165) is 12.1 Å². The molecule has 0 saturated carbocycles. The highest BCUT2D eigenvalue weighted by Gasteiger charge is 2.32. The van der Waals surface area contributed by atoms with Crippen LogP contribution in [0.3, 0.4) is 0 Å². The Morgan fingerprint density at radius 1 is 1.43 bits per heavy atom. The number of phenolic OH excluding ortho intramolecular Hbond substituents is 1. The number of nitrogens with one attached hydrogen (secondary N) is 1. The van der Waals surface area contributed by atoms with Crippen molar-refractivity contribution >= 4 is 11.8 Å². The molecule has 0 amide bonds. The third kappa shape index (κ3) is 1.88. The third-order valence-electron chi connectivity index (χ3n) is 2.37. The number of thioether (sulfide) groups is 1. The van der Waals surface area contributed by atoms with Crippen LogP contribution >= 0.6 is 11.8 Å². The Morgan fingerprint density at radius 3 is 2.71 bits per heavy atom. The van der Waals surface area contributed by atoms with Gasteiger partial charge in [0.15, 0.2) is 0 Å². The number of aromatic hydroxyl groups is 1. The summed E-state index contributed by atoms with van der Waals surface area (Å²) < 4.78 is 0.257. The van der Waals surface area contributed by atoms with Crippen LogP contribution in [0, 0.1) is 0 Å². The molecule has 1 aromatic rings. The van der Waals surface area contributed by atoms with E-state index in [-0.39, 0.29) is 10.1 Å². The molecule has 1 aromatic carbocycles. The molecule has 0 aliphatic carbocycles. The zero-order valence-corrected chi connectivity index (χ0v) is 9.27. The maximum atomic E-state index is 9.69. The molecule has 0 spiro atoms. The van der Waals surface area contributed by atoms with Crippen molar-refractivity contribution < 1.29 is 5.11 Å². The predicted octanol–water partition coefficient (Wildman–Crippen LogP) is 2.51. The molecule has 1 saturated heterocycles. The SMILES string of the molecule is CC1(C)CNC(c2ccccc2O)S1. The van der Waals surface area contributed by atoms with Gasteiger partial charge < -0.3 is 10.4 Å². The number of benzene rings is 1. The fourth-order valence-electron chi connectivity index (χ4n) is 1.62. The van der Waals surface area contributed by atoms with Gasteiger partial charge in [-0.3, -0.25) is 0 Å². The predicted molar refractivity (Wildman–Crippen MR) is 60.5 cm³/mol. The van der Waals surface area contributed by atoms with E-state index in [9.17, 15) is 5.11 Å². The van der Waals surface area contributed by atoms with Crippen LogP contribution < -0.4 is 5.32 Å². The van der Waals surface area contributed by atoms with Crippen molar-refractivity contribution in [1.82, 2.24) is 5.32 Å². The van der Waals surface area contributed by atoms with E-state index < -0.39 is 0 Å². The summed E-state index contributed by atoms with van der Waals surface area (Å²) in [4.78, 5) is 0. The lowest BCUT2D eigenvalue weighted by Gasteiger charge is -2.15.